The van der Waals surface area contributed by atoms with E-state index in [-0.39, 0.29) is 11.4 Å². The Morgan fingerprint density at radius 1 is 1.23 bits per heavy atom. The molecule has 0 spiro atoms. The summed E-state index contributed by atoms with van der Waals surface area (Å²) in [6.45, 7) is 5.26. The summed E-state index contributed by atoms with van der Waals surface area (Å²) in [7, 11) is 0. The van der Waals surface area contributed by atoms with E-state index in [1.54, 1.807) is 49.1 Å². The summed E-state index contributed by atoms with van der Waals surface area (Å²) in [4.78, 5) is 19.2. The van der Waals surface area contributed by atoms with E-state index in [0.29, 0.717) is 22.6 Å². The first kappa shape index (κ1) is 19.7. The molecule has 0 aliphatic rings. The van der Waals surface area contributed by atoms with Crippen molar-refractivity contribution in [1.82, 2.24) is 19.7 Å². The molecule has 0 aliphatic heterocycles. The zero-order valence-electron chi connectivity index (χ0n) is 17.0. The van der Waals surface area contributed by atoms with E-state index in [2.05, 4.69) is 15.1 Å². The zero-order valence-corrected chi connectivity index (χ0v) is 17.0. The highest BCUT2D eigenvalue weighted by Crippen LogP contribution is 2.32. The van der Waals surface area contributed by atoms with Gasteiger partial charge in [-0.3, -0.25) is 4.79 Å². The fourth-order valence-electron chi connectivity index (χ4n) is 3.30. The number of pyridine rings is 2. The average molecular weight is 405 g/mol. The standard InChI is InChI=1S/C22H23N5O3/c1-13(20-17(7-8-19(28)26-20)27-10-4-9-24-27)30-18-12-14-11-15(22(2,3)29)5-6-16(14)25-21(18)23/h4-13,29H,1-3H3,(H2,23,25)(H,26,28). The molecule has 1 unspecified atom stereocenters. The number of hydrogen-bond donors (Lipinski definition) is 3. The monoisotopic (exact) mass is 405 g/mol. The Morgan fingerprint density at radius 2 is 2.03 bits per heavy atom. The number of nitrogens with one attached hydrogen (secondary N) is 1. The number of anilines is 1. The molecular weight excluding hydrogens is 382 g/mol. The number of aromatic amines is 1. The van der Waals surface area contributed by atoms with E-state index >= 15 is 0 Å². The van der Waals surface area contributed by atoms with E-state index in [0.717, 1.165) is 10.9 Å². The minimum Gasteiger partial charge on any atom is -0.481 e. The summed E-state index contributed by atoms with van der Waals surface area (Å²) in [5.41, 5.74) is 7.63. The molecule has 4 N–H and O–H groups in total. The number of hydrogen-bond acceptors (Lipinski definition) is 6. The third-order valence-corrected chi connectivity index (χ3v) is 4.90. The second-order valence-electron chi connectivity index (χ2n) is 7.67. The number of benzene rings is 1. The van der Waals surface area contributed by atoms with Crippen molar-refractivity contribution in [2.45, 2.75) is 32.5 Å². The average Bonchev–Trinajstić information content (AvgIpc) is 3.22. The first-order chi connectivity index (χ1) is 14.2. The third-order valence-electron chi connectivity index (χ3n) is 4.90. The van der Waals surface area contributed by atoms with Crippen LogP contribution in [0.25, 0.3) is 16.6 Å². The summed E-state index contributed by atoms with van der Waals surface area (Å²) >= 11 is 0. The number of aliphatic hydroxyl groups is 1. The molecular formula is C22H23N5O3. The maximum Gasteiger partial charge on any atom is 0.248 e. The highest BCUT2D eigenvalue weighted by Gasteiger charge is 2.19. The molecule has 0 radical (unpaired) electrons. The molecule has 1 atom stereocenters. The molecule has 0 fully saturated rings. The van der Waals surface area contributed by atoms with Crippen LogP contribution in [0.15, 0.2) is 59.7 Å². The Bertz CT molecular complexity index is 1260. The number of nitrogen functional groups attached to an aromatic ring is 1. The van der Waals surface area contributed by atoms with Crippen molar-refractivity contribution >= 4 is 16.7 Å². The molecule has 4 rings (SSSR count). The van der Waals surface area contributed by atoms with Gasteiger partial charge in [-0.2, -0.15) is 5.10 Å². The number of nitrogens with two attached hydrogens (primary N) is 1. The third kappa shape index (κ3) is 3.77. The van der Waals surface area contributed by atoms with Gasteiger partial charge < -0.3 is 20.6 Å². The zero-order chi connectivity index (χ0) is 21.5. The van der Waals surface area contributed by atoms with Gasteiger partial charge in [0.2, 0.25) is 5.56 Å². The highest BCUT2D eigenvalue weighted by molar-refractivity contribution is 5.83. The van der Waals surface area contributed by atoms with Crippen molar-refractivity contribution in [3.63, 3.8) is 0 Å². The van der Waals surface area contributed by atoms with E-state index in [4.69, 9.17) is 10.5 Å². The molecule has 8 nitrogen and oxygen atoms in total. The number of ether oxygens (including phenoxy) is 1. The number of fused-ring (bicyclic) bond motifs is 1. The first-order valence-electron chi connectivity index (χ1n) is 9.55. The van der Waals surface area contributed by atoms with E-state index in [9.17, 15) is 9.90 Å². The lowest BCUT2D eigenvalue weighted by Gasteiger charge is -2.20. The first-order valence-corrected chi connectivity index (χ1v) is 9.55. The van der Waals surface area contributed by atoms with Gasteiger partial charge in [0.25, 0.3) is 0 Å². The van der Waals surface area contributed by atoms with Crippen molar-refractivity contribution < 1.29 is 9.84 Å². The molecule has 154 valence electrons. The molecule has 0 bridgehead atoms. The van der Waals surface area contributed by atoms with Crippen LogP contribution in [0, 0.1) is 0 Å². The van der Waals surface area contributed by atoms with Crippen molar-refractivity contribution in [1.29, 1.82) is 0 Å². The lowest BCUT2D eigenvalue weighted by atomic mass is 9.97. The predicted octanol–water partition coefficient (Wildman–Crippen LogP) is 3.06. The summed E-state index contributed by atoms with van der Waals surface area (Å²) in [6, 6.07) is 12.2. The van der Waals surface area contributed by atoms with Gasteiger partial charge >= 0.3 is 0 Å². The van der Waals surface area contributed by atoms with Crippen molar-refractivity contribution in [3.05, 3.63) is 76.5 Å². The van der Waals surface area contributed by atoms with Gasteiger partial charge in [-0.25, -0.2) is 9.67 Å². The van der Waals surface area contributed by atoms with E-state index in [1.807, 2.05) is 25.1 Å². The number of aromatic nitrogens is 4. The van der Waals surface area contributed by atoms with Crippen LogP contribution in [0.1, 0.15) is 38.1 Å². The molecule has 30 heavy (non-hydrogen) atoms. The maximum atomic E-state index is 11.9. The number of nitrogens with zero attached hydrogens (tertiary/aromatic N) is 3. The molecule has 1 aromatic carbocycles. The topological polar surface area (TPSA) is 119 Å². The minimum absolute atomic E-state index is 0.240. The van der Waals surface area contributed by atoms with Gasteiger partial charge in [0.1, 0.15) is 6.10 Å². The molecule has 4 aromatic rings. The molecule has 0 saturated heterocycles. The Labute approximate surface area is 173 Å². The Hall–Kier alpha value is -3.65. The maximum absolute atomic E-state index is 11.9. The lowest BCUT2D eigenvalue weighted by Crippen LogP contribution is -2.17. The fraction of sp³-hybridized carbons (Fsp3) is 0.227. The second kappa shape index (κ2) is 7.31. The van der Waals surface area contributed by atoms with Crippen LogP contribution in [-0.4, -0.2) is 24.9 Å². The second-order valence-corrected chi connectivity index (χ2v) is 7.67. The molecule has 3 aromatic heterocycles. The highest BCUT2D eigenvalue weighted by atomic mass is 16.5. The van der Waals surface area contributed by atoms with E-state index < -0.39 is 11.7 Å². The molecule has 3 heterocycles. The van der Waals surface area contributed by atoms with Crippen LogP contribution in [0.5, 0.6) is 5.75 Å². The Morgan fingerprint density at radius 3 is 2.73 bits per heavy atom. The summed E-state index contributed by atoms with van der Waals surface area (Å²) in [5, 5.41) is 15.3. The SMILES string of the molecule is CC(Oc1cc2cc(C(C)(C)O)ccc2nc1N)c1[nH]c(=O)ccc1-n1cccn1. The van der Waals surface area contributed by atoms with Crippen LogP contribution in [-0.2, 0) is 5.60 Å². The summed E-state index contributed by atoms with van der Waals surface area (Å²) in [6.07, 6.45) is 2.91. The smallest absolute Gasteiger partial charge is 0.248 e. The number of rotatable bonds is 5. The van der Waals surface area contributed by atoms with Crippen LogP contribution in [0.3, 0.4) is 0 Å². The van der Waals surface area contributed by atoms with Crippen LogP contribution < -0.4 is 16.0 Å². The molecule has 8 heteroatoms. The molecule has 0 saturated carbocycles. The Balaban J connectivity index is 1.73. The quantitative estimate of drug-likeness (QED) is 0.469. The van der Waals surface area contributed by atoms with Gasteiger partial charge in [0, 0.05) is 23.8 Å². The van der Waals surface area contributed by atoms with Gasteiger partial charge in [-0.15, -0.1) is 0 Å². The molecule has 0 aliphatic carbocycles. The van der Waals surface area contributed by atoms with Crippen molar-refractivity contribution in [2.75, 3.05) is 5.73 Å². The molecule has 0 amide bonds. The van der Waals surface area contributed by atoms with Gasteiger partial charge in [0.15, 0.2) is 11.6 Å². The normalized spacial score (nSPS) is 12.8. The Kier molecular flexibility index (Phi) is 4.79. The van der Waals surface area contributed by atoms with Crippen LogP contribution >= 0.6 is 0 Å². The van der Waals surface area contributed by atoms with Crippen molar-refractivity contribution in [3.8, 4) is 11.4 Å². The van der Waals surface area contributed by atoms with Crippen LogP contribution in [0.2, 0.25) is 0 Å². The predicted molar refractivity (Wildman–Crippen MR) is 115 cm³/mol. The lowest BCUT2D eigenvalue weighted by molar-refractivity contribution is 0.0787. The summed E-state index contributed by atoms with van der Waals surface area (Å²) < 4.78 is 7.75. The van der Waals surface area contributed by atoms with Gasteiger partial charge in [-0.1, -0.05) is 6.07 Å². The largest absolute Gasteiger partial charge is 0.481 e. The van der Waals surface area contributed by atoms with Crippen LogP contribution in [0.4, 0.5) is 5.82 Å². The minimum atomic E-state index is -0.980. The van der Waals surface area contributed by atoms with Crippen molar-refractivity contribution in [2.24, 2.45) is 0 Å². The number of H-pyrrole nitrogens is 1. The fourth-order valence-corrected chi connectivity index (χ4v) is 3.30. The summed E-state index contributed by atoms with van der Waals surface area (Å²) in [5.74, 6) is 0.628. The van der Waals surface area contributed by atoms with Gasteiger partial charge in [-0.05, 0) is 56.7 Å². The van der Waals surface area contributed by atoms with Gasteiger partial charge in [0.05, 0.1) is 22.5 Å². The van der Waals surface area contributed by atoms with E-state index in [1.165, 1.54) is 6.07 Å².